The predicted octanol–water partition coefficient (Wildman–Crippen LogP) is 10.0. The van der Waals surface area contributed by atoms with E-state index in [0.29, 0.717) is 46.4 Å². The molecule has 6 atom stereocenters. The lowest BCUT2D eigenvalue weighted by Gasteiger charge is -2.46. The van der Waals surface area contributed by atoms with Crippen molar-refractivity contribution in [3.63, 3.8) is 0 Å². The monoisotopic (exact) mass is 1010 g/mol. The average molecular weight is 1020 g/mol. The highest BCUT2D eigenvalue weighted by Crippen LogP contribution is 2.66. The molecule has 1 spiro atoms. The number of nitro benzene ring substituents is 1. The number of ether oxygens (including phenoxy) is 2. The number of thiazole rings is 1. The molecule has 8 aromatic rings. The van der Waals surface area contributed by atoms with Crippen LogP contribution in [0.15, 0.2) is 182 Å². The second-order valence-corrected chi connectivity index (χ2v) is 19.7. The number of nitro groups is 1. The predicted molar refractivity (Wildman–Crippen MR) is 281 cm³/mol. The summed E-state index contributed by atoms with van der Waals surface area (Å²) in [6.07, 6.45) is -2.06. The summed E-state index contributed by atoms with van der Waals surface area (Å²) in [6, 6.07) is 49.1. The molecular formula is C59H46N6O9S. The number of hydrogen-bond donors (Lipinski definition) is 2. The second kappa shape index (κ2) is 20.1. The minimum absolute atomic E-state index is 0.0725. The number of para-hydroxylation sites is 1. The Balaban J connectivity index is 1.13. The zero-order valence-corrected chi connectivity index (χ0v) is 41.0. The Bertz CT molecular complexity index is 3520. The maximum atomic E-state index is 16.6. The smallest absolute Gasteiger partial charge is 0.421 e. The van der Waals surface area contributed by atoms with Crippen LogP contribution in [0.5, 0.6) is 5.75 Å². The molecule has 2 saturated heterocycles. The highest BCUT2D eigenvalue weighted by atomic mass is 32.1. The Hall–Kier alpha value is -9.01. The number of nitrogens with one attached hydrogen (secondary N) is 1. The summed E-state index contributed by atoms with van der Waals surface area (Å²) in [5.41, 5.74) is 2.40. The molecule has 0 aliphatic carbocycles. The quantitative estimate of drug-likeness (QED) is 0.0542. The molecule has 0 radical (unpaired) electrons. The fourth-order valence-electron chi connectivity index (χ4n) is 10.9. The third kappa shape index (κ3) is 8.92. The number of morpholine rings is 1. The minimum Gasteiger partial charge on any atom is -0.508 e. The Morgan fingerprint density at radius 2 is 1.48 bits per heavy atom. The van der Waals surface area contributed by atoms with Gasteiger partial charge in [-0.2, -0.15) is 0 Å². The summed E-state index contributed by atoms with van der Waals surface area (Å²) in [6.45, 7) is 0.623. The van der Waals surface area contributed by atoms with Gasteiger partial charge in [-0.15, -0.1) is 0 Å². The first kappa shape index (κ1) is 48.3. The van der Waals surface area contributed by atoms with Gasteiger partial charge in [0.1, 0.15) is 29.9 Å². The van der Waals surface area contributed by atoms with Crippen molar-refractivity contribution in [2.24, 2.45) is 5.92 Å². The Morgan fingerprint density at radius 3 is 2.17 bits per heavy atom. The van der Waals surface area contributed by atoms with Gasteiger partial charge in [0.2, 0.25) is 11.8 Å². The molecule has 15 nitrogen and oxygen atoms in total. The van der Waals surface area contributed by atoms with Crippen LogP contribution in [-0.2, 0) is 42.4 Å². The van der Waals surface area contributed by atoms with E-state index in [0.717, 1.165) is 15.2 Å². The number of non-ortho nitro benzene ring substituents is 1. The number of cyclic esters (lactones) is 1. The highest BCUT2D eigenvalue weighted by Gasteiger charge is 2.76. The Labute approximate surface area is 434 Å². The molecule has 372 valence electrons. The molecule has 0 bridgehead atoms. The first-order valence-corrected chi connectivity index (χ1v) is 24.9. The molecule has 4 heterocycles. The second-order valence-electron chi connectivity index (χ2n) is 18.6. The van der Waals surface area contributed by atoms with Crippen LogP contribution >= 0.6 is 11.3 Å². The normalized spacial score (nSPS) is 20.8. The van der Waals surface area contributed by atoms with Crippen LogP contribution in [0.4, 0.5) is 21.3 Å². The van der Waals surface area contributed by atoms with Gasteiger partial charge < -0.3 is 19.9 Å². The number of phenolic OH excluding ortho intramolecular Hbond substituents is 1. The van der Waals surface area contributed by atoms with Gasteiger partial charge in [0.05, 0.1) is 45.4 Å². The van der Waals surface area contributed by atoms with E-state index in [1.807, 2.05) is 127 Å². The van der Waals surface area contributed by atoms with Crippen molar-refractivity contribution in [2.45, 2.75) is 42.8 Å². The molecule has 75 heavy (non-hydrogen) atoms. The molecule has 6 unspecified atom stereocenters. The van der Waals surface area contributed by atoms with E-state index >= 15 is 14.4 Å². The van der Waals surface area contributed by atoms with E-state index in [4.69, 9.17) is 14.5 Å². The van der Waals surface area contributed by atoms with E-state index in [9.17, 15) is 20.0 Å². The molecule has 3 amide bonds. The lowest BCUT2D eigenvalue weighted by Crippen LogP contribution is -2.54. The third-order valence-corrected chi connectivity index (χ3v) is 15.0. The van der Waals surface area contributed by atoms with Gasteiger partial charge in [-0.25, -0.2) is 14.7 Å². The number of benzene rings is 7. The van der Waals surface area contributed by atoms with Crippen molar-refractivity contribution in [3.05, 3.63) is 231 Å². The molecule has 3 aliphatic rings. The lowest BCUT2D eigenvalue weighted by molar-refractivity contribution is -0.384. The van der Waals surface area contributed by atoms with Crippen LogP contribution < -0.4 is 10.2 Å². The number of hydrogen-bond acceptors (Lipinski definition) is 13. The maximum absolute atomic E-state index is 16.6. The number of anilines is 2. The number of fused-ring (bicyclic) bond motifs is 4. The number of aromatic nitrogens is 1. The topological polar surface area (TPSA) is 185 Å². The van der Waals surface area contributed by atoms with Crippen molar-refractivity contribution in [2.75, 3.05) is 23.8 Å². The first-order chi connectivity index (χ1) is 36.5. The van der Waals surface area contributed by atoms with Crippen LogP contribution in [-0.4, -0.2) is 68.3 Å². The van der Waals surface area contributed by atoms with E-state index in [1.54, 1.807) is 30.3 Å². The molecule has 0 saturated carbocycles. The average Bonchev–Trinajstić information content (AvgIpc) is 4.22. The molecule has 11 rings (SSSR count). The van der Waals surface area contributed by atoms with E-state index in [2.05, 4.69) is 22.1 Å². The van der Waals surface area contributed by atoms with Crippen LogP contribution in [0.2, 0.25) is 0 Å². The number of esters is 1. The number of nitrogens with zero attached hydrogens (tertiary/aromatic N) is 5. The fourth-order valence-corrected chi connectivity index (χ4v) is 11.8. The standard InChI is InChI=1S/C59H46N6O9S/c1-62(35-38-14-5-2-6-15-38)33-13-16-37-25-32-47-45(34-37)59(56(69)63(47)58(70)73-36-39-23-28-43(29-24-39)65(71)72)49(54(67)61-57-60-46-21-11-12-22-48(46)75-57)51-55(68)74-52(41-19-9-4-10-20-41)50(40-17-7-3-8-18-40)64(51)53(59)42-26-30-44(66)31-27-42/h2-12,14-15,17-32,34,49-53,66H,33,35-36H2,1H3,(H,60,61,67). The van der Waals surface area contributed by atoms with E-state index in [1.165, 1.54) is 47.7 Å². The van der Waals surface area contributed by atoms with Gasteiger partial charge >= 0.3 is 12.1 Å². The Morgan fingerprint density at radius 1 is 0.813 bits per heavy atom. The molecule has 7 aromatic carbocycles. The van der Waals surface area contributed by atoms with Crippen LogP contribution in [0.3, 0.4) is 0 Å². The number of amides is 3. The largest absolute Gasteiger partial charge is 0.508 e. The van der Waals surface area contributed by atoms with E-state index < -0.39 is 64.4 Å². The van der Waals surface area contributed by atoms with Gasteiger partial charge in [-0.05, 0) is 95.0 Å². The molecule has 3 aliphatic heterocycles. The van der Waals surface area contributed by atoms with Crippen LogP contribution in [0.25, 0.3) is 10.2 Å². The molecular weight excluding hydrogens is 969 g/mol. The summed E-state index contributed by atoms with van der Waals surface area (Å²) in [5.74, 6) is 2.44. The summed E-state index contributed by atoms with van der Waals surface area (Å²) in [7, 11) is 1.95. The molecule has 2 N–H and O–H groups in total. The maximum Gasteiger partial charge on any atom is 0.421 e. The number of imide groups is 1. The minimum atomic E-state index is -2.15. The van der Waals surface area contributed by atoms with Gasteiger partial charge in [-0.1, -0.05) is 138 Å². The number of phenols is 1. The van der Waals surface area contributed by atoms with E-state index in [-0.39, 0.29) is 34.4 Å². The number of carbonyl (C=O) groups is 4. The van der Waals surface area contributed by atoms with Crippen molar-refractivity contribution in [1.29, 1.82) is 0 Å². The zero-order valence-electron chi connectivity index (χ0n) is 40.2. The molecule has 2 fully saturated rings. The summed E-state index contributed by atoms with van der Waals surface area (Å²) < 4.78 is 13.3. The van der Waals surface area contributed by atoms with Crippen molar-refractivity contribution < 1.29 is 38.7 Å². The molecule has 16 heteroatoms. The van der Waals surface area contributed by atoms with Crippen molar-refractivity contribution in [1.82, 2.24) is 14.8 Å². The van der Waals surface area contributed by atoms with Gasteiger partial charge in [0, 0.05) is 24.2 Å². The zero-order chi connectivity index (χ0) is 51.8. The summed E-state index contributed by atoms with van der Waals surface area (Å²) in [4.78, 5) is 83.6. The number of carbonyl (C=O) groups excluding carboxylic acids is 4. The summed E-state index contributed by atoms with van der Waals surface area (Å²) >= 11 is 1.22. The molecule has 1 aromatic heterocycles. The summed E-state index contributed by atoms with van der Waals surface area (Å²) in [5, 5.41) is 25.5. The highest BCUT2D eigenvalue weighted by molar-refractivity contribution is 7.22. The van der Waals surface area contributed by atoms with Crippen LogP contribution in [0.1, 0.15) is 57.1 Å². The van der Waals surface area contributed by atoms with Crippen LogP contribution in [0, 0.1) is 27.9 Å². The van der Waals surface area contributed by atoms with Gasteiger partial charge in [-0.3, -0.25) is 34.3 Å². The number of aromatic hydroxyl groups is 1. The van der Waals surface area contributed by atoms with Crippen molar-refractivity contribution >= 4 is 61.9 Å². The van der Waals surface area contributed by atoms with Crippen molar-refractivity contribution in [3.8, 4) is 17.6 Å². The number of rotatable bonds is 11. The third-order valence-electron chi connectivity index (χ3n) is 14.0. The van der Waals surface area contributed by atoms with Gasteiger partial charge in [0.25, 0.3) is 5.69 Å². The Kier molecular flexibility index (Phi) is 13.0. The SMILES string of the molecule is CN(CC#Cc1ccc2c(c1)C1(C(=O)N2C(=O)OCc2ccc([N+](=O)[O-])cc2)C(C(=O)Nc2nc3ccccc3s2)C2C(=O)OC(c3ccccc3)C(c3ccccc3)N2C1c1ccc(O)cc1)Cc1ccccc1. The fraction of sp³-hybridized carbons (Fsp3) is 0.169. The first-order valence-electron chi connectivity index (χ1n) is 24.1. The van der Waals surface area contributed by atoms with Gasteiger partial charge in [0.15, 0.2) is 5.13 Å². The lowest BCUT2D eigenvalue weighted by atomic mass is 9.65.